The van der Waals surface area contributed by atoms with Gasteiger partial charge in [-0.3, -0.25) is 0 Å². The van der Waals surface area contributed by atoms with Crippen molar-refractivity contribution in [3.63, 3.8) is 0 Å². The Bertz CT molecular complexity index is 1240. The first kappa shape index (κ1) is 40.6. The lowest BCUT2D eigenvalue weighted by Crippen LogP contribution is -2.71. The minimum atomic E-state index is -0.421. The van der Waals surface area contributed by atoms with Crippen molar-refractivity contribution in [3.8, 4) is 22.6 Å². The van der Waals surface area contributed by atoms with E-state index in [2.05, 4.69) is 139 Å². The summed E-state index contributed by atoms with van der Waals surface area (Å²) >= 11 is 0. The van der Waals surface area contributed by atoms with Crippen LogP contribution < -0.4 is 9.47 Å². The maximum Gasteiger partial charge on any atom is 0.173 e. The molecular weight excluding hydrogens is 624 g/mol. The van der Waals surface area contributed by atoms with Crippen LogP contribution in [-0.2, 0) is 18.9 Å². The summed E-state index contributed by atoms with van der Waals surface area (Å²) in [6.45, 7) is 30.6. The van der Waals surface area contributed by atoms with Crippen molar-refractivity contribution < 1.29 is 28.4 Å². The summed E-state index contributed by atoms with van der Waals surface area (Å²) in [6.07, 6.45) is 8.15. The quantitative estimate of drug-likeness (QED) is 0.174. The maximum atomic E-state index is 6.15. The van der Waals surface area contributed by atoms with E-state index < -0.39 is 5.79 Å². The summed E-state index contributed by atoms with van der Waals surface area (Å²) in [5.41, 5.74) is 2.54. The minimum absolute atomic E-state index is 0.0586. The van der Waals surface area contributed by atoms with Crippen LogP contribution in [0.15, 0.2) is 48.5 Å². The van der Waals surface area contributed by atoms with Gasteiger partial charge in [0, 0.05) is 5.41 Å². The van der Waals surface area contributed by atoms with Crippen LogP contribution >= 0.6 is 0 Å². The highest BCUT2D eigenvalue weighted by Crippen LogP contribution is 2.57. The molecule has 0 saturated carbocycles. The Hall–Kier alpha value is -2.12. The zero-order chi connectivity index (χ0) is 37.0. The molecule has 0 N–H and O–H groups in total. The van der Waals surface area contributed by atoms with Gasteiger partial charge in [0.05, 0.1) is 60.7 Å². The molecular formula is C44H70O6. The molecule has 6 heteroatoms. The smallest absolute Gasteiger partial charge is 0.173 e. The largest absolute Gasteiger partial charge is 0.493 e. The molecule has 3 saturated heterocycles. The van der Waals surface area contributed by atoms with Crippen molar-refractivity contribution >= 4 is 0 Å². The van der Waals surface area contributed by atoms with E-state index in [0.29, 0.717) is 19.1 Å². The molecule has 0 bridgehead atoms. The summed E-state index contributed by atoms with van der Waals surface area (Å²) in [5, 5.41) is 0. The molecule has 0 amide bonds. The van der Waals surface area contributed by atoms with Gasteiger partial charge >= 0.3 is 0 Å². The Morgan fingerprint density at radius 1 is 0.640 bits per heavy atom. The highest BCUT2D eigenvalue weighted by Gasteiger charge is 2.65. The number of ether oxygens (including phenoxy) is 6. The number of hydrogen-bond donors (Lipinski definition) is 0. The van der Waals surface area contributed by atoms with Crippen molar-refractivity contribution in [2.24, 2.45) is 22.2 Å². The van der Waals surface area contributed by atoms with Gasteiger partial charge in [-0.15, -0.1) is 0 Å². The number of unbranched alkanes of at least 4 members (excludes halogenated alkanes) is 1. The van der Waals surface area contributed by atoms with Gasteiger partial charge in [-0.1, -0.05) is 85.1 Å². The average molecular weight is 695 g/mol. The SMILES string of the molecule is CCC1(COc2ccc(-c3ccc(OCC4(CC)C(C)OC4C)cc3)cc2)C(C)OC1C.CCCCC(CC)COC1(C)OC(C)(C)C1(C)C. The van der Waals surface area contributed by atoms with Crippen molar-refractivity contribution in [3.05, 3.63) is 48.5 Å². The molecule has 0 aliphatic carbocycles. The molecule has 0 radical (unpaired) electrons. The van der Waals surface area contributed by atoms with Crippen LogP contribution in [0.2, 0.25) is 0 Å². The van der Waals surface area contributed by atoms with Crippen molar-refractivity contribution in [2.75, 3.05) is 19.8 Å². The summed E-state index contributed by atoms with van der Waals surface area (Å²) in [7, 11) is 0. The first-order valence-corrected chi connectivity index (χ1v) is 19.7. The second-order valence-electron chi connectivity index (χ2n) is 16.6. The average Bonchev–Trinajstić information content (AvgIpc) is 3.09. The molecule has 2 aromatic carbocycles. The Labute approximate surface area is 305 Å². The van der Waals surface area contributed by atoms with Crippen LogP contribution in [0.5, 0.6) is 11.5 Å². The van der Waals surface area contributed by atoms with Crippen LogP contribution in [0.25, 0.3) is 11.1 Å². The van der Waals surface area contributed by atoms with E-state index in [4.69, 9.17) is 28.4 Å². The fraction of sp³-hybridized carbons (Fsp3) is 0.727. The van der Waals surface area contributed by atoms with Crippen LogP contribution in [0, 0.1) is 22.2 Å². The Kier molecular flexibility index (Phi) is 13.2. The van der Waals surface area contributed by atoms with Gasteiger partial charge in [-0.05, 0) is 109 Å². The van der Waals surface area contributed by atoms with E-state index in [0.717, 1.165) is 30.9 Å². The first-order valence-electron chi connectivity index (χ1n) is 19.7. The topological polar surface area (TPSA) is 55.4 Å². The summed E-state index contributed by atoms with van der Waals surface area (Å²) < 4.78 is 36.0. The highest BCUT2D eigenvalue weighted by atomic mass is 16.7. The van der Waals surface area contributed by atoms with E-state index in [1.165, 1.54) is 36.8 Å². The summed E-state index contributed by atoms with van der Waals surface area (Å²) in [6, 6.07) is 16.7. The highest BCUT2D eigenvalue weighted by molar-refractivity contribution is 5.64. The zero-order valence-corrected chi connectivity index (χ0v) is 33.8. The molecule has 6 atom stereocenters. The predicted molar refractivity (Wildman–Crippen MR) is 205 cm³/mol. The van der Waals surface area contributed by atoms with Gasteiger partial charge in [0.15, 0.2) is 5.79 Å². The Balaban J connectivity index is 0.000000266. The molecule has 2 aromatic rings. The first-order chi connectivity index (χ1) is 23.5. The molecule has 282 valence electrons. The fourth-order valence-corrected chi connectivity index (χ4v) is 8.04. The number of hydrogen-bond acceptors (Lipinski definition) is 6. The molecule has 3 aliphatic rings. The normalized spacial score (nSPS) is 32.7. The van der Waals surface area contributed by atoms with Gasteiger partial charge < -0.3 is 28.4 Å². The standard InChI is InChI=1S/C28H38O4.C16H32O2/c1-7-27(19(3)31-20(27)4)17-29-25-13-9-23(10-14-25)24-11-15-26(16-12-24)30-18-28(8-2)21(5)32-22(28)6;1-8-10-11-13(9-2)12-17-16(7)14(3,4)15(5,6)18-16/h9-16,19-22H,7-8,17-18H2,1-6H3;13H,8-12H2,1-7H3. The maximum absolute atomic E-state index is 6.15. The monoisotopic (exact) mass is 695 g/mol. The molecule has 6 unspecified atom stereocenters. The minimum Gasteiger partial charge on any atom is -0.493 e. The Morgan fingerprint density at radius 2 is 1.06 bits per heavy atom. The molecule has 0 spiro atoms. The third kappa shape index (κ3) is 7.94. The van der Waals surface area contributed by atoms with E-state index in [1.807, 2.05) is 0 Å². The summed E-state index contributed by atoms with van der Waals surface area (Å²) in [5.74, 6) is 2.06. The lowest BCUT2D eigenvalue weighted by Gasteiger charge is -2.64. The lowest BCUT2D eigenvalue weighted by atomic mass is 9.65. The molecule has 3 aliphatic heterocycles. The number of rotatable bonds is 16. The van der Waals surface area contributed by atoms with Crippen molar-refractivity contribution in [2.45, 2.75) is 164 Å². The molecule has 6 nitrogen and oxygen atoms in total. The molecule has 5 rings (SSSR count). The fourth-order valence-electron chi connectivity index (χ4n) is 8.04. The van der Waals surface area contributed by atoms with Crippen LogP contribution in [0.4, 0.5) is 0 Å². The second-order valence-corrected chi connectivity index (χ2v) is 16.6. The second kappa shape index (κ2) is 16.3. The van der Waals surface area contributed by atoms with Crippen LogP contribution in [0.3, 0.4) is 0 Å². The van der Waals surface area contributed by atoms with Crippen molar-refractivity contribution in [1.29, 1.82) is 0 Å². The Morgan fingerprint density at radius 3 is 1.36 bits per heavy atom. The summed E-state index contributed by atoms with van der Waals surface area (Å²) in [4.78, 5) is 0. The van der Waals surface area contributed by atoms with E-state index in [9.17, 15) is 0 Å². The van der Waals surface area contributed by atoms with Crippen LogP contribution in [0.1, 0.15) is 129 Å². The van der Waals surface area contributed by atoms with Gasteiger partial charge in [0.1, 0.15) is 11.5 Å². The van der Waals surface area contributed by atoms with Gasteiger partial charge in [-0.2, -0.15) is 0 Å². The van der Waals surface area contributed by atoms with E-state index in [1.54, 1.807) is 0 Å². The molecule has 50 heavy (non-hydrogen) atoms. The lowest BCUT2D eigenvalue weighted by molar-refractivity contribution is -0.446. The van der Waals surface area contributed by atoms with Crippen molar-refractivity contribution in [1.82, 2.24) is 0 Å². The van der Waals surface area contributed by atoms with E-state index >= 15 is 0 Å². The molecule has 0 aromatic heterocycles. The van der Waals surface area contributed by atoms with Gasteiger partial charge in [0.25, 0.3) is 0 Å². The predicted octanol–water partition coefficient (Wildman–Crippen LogP) is 11.3. The zero-order valence-electron chi connectivity index (χ0n) is 33.8. The van der Waals surface area contributed by atoms with E-state index in [-0.39, 0.29) is 46.3 Å². The third-order valence-corrected chi connectivity index (χ3v) is 13.7. The third-order valence-electron chi connectivity index (χ3n) is 13.7. The van der Waals surface area contributed by atoms with Gasteiger partial charge in [-0.25, -0.2) is 0 Å². The van der Waals surface area contributed by atoms with Gasteiger partial charge in [0.2, 0.25) is 0 Å². The molecule has 3 fully saturated rings. The molecule has 3 heterocycles. The van der Waals surface area contributed by atoms with Crippen LogP contribution in [-0.4, -0.2) is 55.6 Å². The number of benzene rings is 2.